The largest absolute Gasteiger partial charge is 0.299 e. The van der Waals surface area contributed by atoms with Gasteiger partial charge >= 0.3 is 0 Å². The van der Waals surface area contributed by atoms with Gasteiger partial charge in [-0.25, -0.2) is 0 Å². The van der Waals surface area contributed by atoms with Crippen molar-refractivity contribution in [1.29, 1.82) is 0 Å². The van der Waals surface area contributed by atoms with Crippen molar-refractivity contribution in [3.8, 4) is 0 Å². The van der Waals surface area contributed by atoms with Crippen molar-refractivity contribution < 1.29 is 4.79 Å². The molecule has 20 heavy (non-hydrogen) atoms. The highest BCUT2D eigenvalue weighted by molar-refractivity contribution is 9.10. The molecule has 6 heteroatoms. The number of aromatic nitrogens is 2. The van der Waals surface area contributed by atoms with Gasteiger partial charge in [0.1, 0.15) is 0 Å². The van der Waals surface area contributed by atoms with E-state index in [-0.39, 0.29) is 6.04 Å². The first-order valence-corrected chi connectivity index (χ1v) is 8.10. The van der Waals surface area contributed by atoms with E-state index in [4.69, 9.17) is 0 Å². The van der Waals surface area contributed by atoms with Crippen LogP contribution in [0.5, 0.6) is 0 Å². The van der Waals surface area contributed by atoms with Crippen molar-refractivity contribution in [3.05, 3.63) is 15.9 Å². The maximum Gasteiger partial charge on any atom is 0.157 e. The van der Waals surface area contributed by atoms with Gasteiger partial charge in [0.05, 0.1) is 28.3 Å². The van der Waals surface area contributed by atoms with Crippen molar-refractivity contribution in [1.82, 2.24) is 19.6 Å². The van der Waals surface area contributed by atoms with E-state index >= 15 is 0 Å². The SMILES string of the molecule is CCn1nc(C)c(Br)c1CC(=O)C1CN2CCN1CC2. The second-order valence-electron chi connectivity index (χ2n) is 5.66. The summed E-state index contributed by atoms with van der Waals surface area (Å²) in [6.45, 7) is 10.0. The van der Waals surface area contributed by atoms with Gasteiger partial charge in [-0.3, -0.25) is 19.3 Å². The Morgan fingerprint density at radius 3 is 2.60 bits per heavy atom. The van der Waals surface area contributed by atoms with Gasteiger partial charge in [-0.2, -0.15) is 5.10 Å². The number of piperazine rings is 3. The molecule has 0 amide bonds. The lowest BCUT2D eigenvalue weighted by Gasteiger charge is -2.46. The Labute approximate surface area is 128 Å². The van der Waals surface area contributed by atoms with Crippen molar-refractivity contribution in [3.63, 3.8) is 0 Å². The van der Waals surface area contributed by atoms with Crippen LogP contribution in [0, 0.1) is 6.92 Å². The molecule has 0 spiro atoms. The van der Waals surface area contributed by atoms with Crippen molar-refractivity contribution in [2.45, 2.75) is 32.9 Å². The van der Waals surface area contributed by atoms with Crippen molar-refractivity contribution in [2.24, 2.45) is 0 Å². The fourth-order valence-electron chi connectivity index (χ4n) is 3.24. The minimum atomic E-state index is 0.0740. The Morgan fingerprint density at radius 1 is 1.35 bits per heavy atom. The normalized spacial score (nSPS) is 28.9. The second-order valence-corrected chi connectivity index (χ2v) is 6.45. The molecule has 1 unspecified atom stereocenters. The maximum atomic E-state index is 12.7. The van der Waals surface area contributed by atoms with Gasteiger partial charge in [0, 0.05) is 39.3 Å². The number of aryl methyl sites for hydroxylation is 2. The third kappa shape index (κ3) is 2.44. The molecular formula is C14H21BrN4O. The van der Waals surface area contributed by atoms with E-state index in [1.165, 1.54) is 0 Å². The summed E-state index contributed by atoms with van der Waals surface area (Å²) in [5, 5.41) is 4.47. The Hall–Kier alpha value is -0.720. The van der Waals surface area contributed by atoms with E-state index in [2.05, 4.69) is 37.8 Å². The van der Waals surface area contributed by atoms with Gasteiger partial charge < -0.3 is 0 Å². The van der Waals surface area contributed by atoms with Gasteiger partial charge in [-0.15, -0.1) is 0 Å². The molecule has 2 bridgehead atoms. The van der Waals surface area contributed by atoms with E-state index in [9.17, 15) is 4.79 Å². The van der Waals surface area contributed by atoms with Crippen LogP contribution in [-0.4, -0.2) is 64.1 Å². The van der Waals surface area contributed by atoms with Gasteiger partial charge in [-0.05, 0) is 29.8 Å². The summed E-state index contributed by atoms with van der Waals surface area (Å²) in [5.74, 6) is 0.324. The van der Waals surface area contributed by atoms with Gasteiger partial charge in [0.2, 0.25) is 0 Å². The summed E-state index contributed by atoms with van der Waals surface area (Å²) in [6.07, 6.45) is 0.476. The van der Waals surface area contributed by atoms with Crippen LogP contribution >= 0.6 is 15.9 Å². The molecule has 3 saturated heterocycles. The Morgan fingerprint density at radius 2 is 2.05 bits per heavy atom. The highest BCUT2D eigenvalue weighted by Crippen LogP contribution is 2.24. The monoisotopic (exact) mass is 340 g/mol. The number of rotatable bonds is 4. The first kappa shape index (κ1) is 14.2. The molecule has 110 valence electrons. The first-order chi connectivity index (χ1) is 9.60. The minimum absolute atomic E-state index is 0.0740. The molecule has 4 heterocycles. The van der Waals surface area contributed by atoms with E-state index in [0.29, 0.717) is 12.2 Å². The molecule has 3 aliphatic heterocycles. The van der Waals surface area contributed by atoms with Gasteiger partial charge in [0.15, 0.2) is 5.78 Å². The average Bonchev–Trinajstić information content (AvgIpc) is 2.76. The fraction of sp³-hybridized carbons (Fsp3) is 0.714. The van der Waals surface area contributed by atoms with Crippen LogP contribution in [0.15, 0.2) is 4.47 Å². The molecule has 1 aromatic heterocycles. The minimum Gasteiger partial charge on any atom is -0.299 e. The Kier molecular flexibility index (Phi) is 3.97. The molecule has 0 radical (unpaired) electrons. The van der Waals surface area contributed by atoms with E-state index in [1.807, 2.05) is 11.6 Å². The highest BCUT2D eigenvalue weighted by Gasteiger charge is 2.36. The van der Waals surface area contributed by atoms with Crippen LogP contribution in [0.2, 0.25) is 0 Å². The molecule has 0 aliphatic carbocycles. The number of halogens is 1. The van der Waals surface area contributed by atoms with Crippen LogP contribution < -0.4 is 0 Å². The lowest BCUT2D eigenvalue weighted by atomic mass is 10.0. The molecule has 1 atom stereocenters. The van der Waals surface area contributed by atoms with Crippen LogP contribution in [-0.2, 0) is 17.8 Å². The zero-order valence-corrected chi connectivity index (χ0v) is 13.7. The van der Waals surface area contributed by atoms with Crippen LogP contribution in [0.4, 0.5) is 0 Å². The van der Waals surface area contributed by atoms with Crippen molar-refractivity contribution >= 4 is 21.7 Å². The lowest BCUT2D eigenvalue weighted by Crippen LogP contribution is -2.63. The second kappa shape index (κ2) is 5.58. The zero-order valence-electron chi connectivity index (χ0n) is 12.1. The molecule has 0 saturated carbocycles. The Bertz CT molecular complexity index is 519. The van der Waals surface area contributed by atoms with E-state index < -0.39 is 0 Å². The molecule has 0 N–H and O–H groups in total. The average molecular weight is 341 g/mol. The zero-order chi connectivity index (χ0) is 14.3. The third-order valence-electron chi connectivity index (χ3n) is 4.44. The predicted molar refractivity (Wildman–Crippen MR) is 80.9 cm³/mol. The lowest BCUT2D eigenvalue weighted by molar-refractivity contribution is -0.128. The number of hydrogen-bond acceptors (Lipinski definition) is 4. The van der Waals surface area contributed by atoms with Gasteiger partial charge in [-0.1, -0.05) is 0 Å². The Balaban J connectivity index is 1.76. The molecule has 4 rings (SSSR count). The summed E-state index contributed by atoms with van der Waals surface area (Å²) in [4.78, 5) is 17.4. The third-order valence-corrected chi connectivity index (χ3v) is 5.48. The summed E-state index contributed by atoms with van der Waals surface area (Å²) < 4.78 is 2.93. The summed E-state index contributed by atoms with van der Waals surface area (Å²) >= 11 is 3.58. The molecule has 5 nitrogen and oxygen atoms in total. The van der Waals surface area contributed by atoms with Gasteiger partial charge in [0.25, 0.3) is 0 Å². The molecule has 3 fully saturated rings. The summed E-state index contributed by atoms with van der Waals surface area (Å²) in [5.41, 5.74) is 1.98. The number of fused-ring (bicyclic) bond motifs is 3. The number of nitrogens with zero attached hydrogens (tertiary/aromatic N) is 4. The fourth-order valence-corrected chi connectivity index (χ4v) is 3.67. The quantitative estimate of drug-likeness (QED) is 0.822. The predicted octanol–water partition coefficient (Wildman–Crippen LogP) is 1.09. The maximum absolute atomic E-state index is 12.7. The van der Waals surface area contributed by atoms with Crippen LogP contribution in [0.25, 0.3) is 0 Å². The van der Waals surface area contributed by atoms with E-state index in [0.717, 1.165) is 55.1 Å². The highest BCUT2D eigenvalue weighted by atomic mass is 79.9. The number of ketones is 1. The first-order valence-electron chi connectivity index (χ1n) is 7.31. The smallest absolute Gasteiger partial charge is 0.157 e. The summed E-state index contributed by atoms with van der Waals surface area (Å²) in [6, 6.07) is 0.0740. The number of hydrogen-bond donors (Lipinski definition) is 0. The number of Topliss-reactive ketones (excluding diaryl/α,β-unsaturated/α-hetero) is 1. The standard InChI is InChI=1S/C14H21BrN4O/c1-3-19-11(14(15)10(2)16-19)8-13(20)12-9-17-4-6-18(12)7-5-17/h12H,3-9H2,1-2H3. The molecule has 1 aromatic rings. The van der Waals surface area contributed by atoms with Crippen LogP contribution in [0.3, 0.4) is 0 Å². The molecular weight excluding hydrogens is 320 g/mol. The van der Waals surface area contributed by atoms with Crippen molar-refractivity contribution in [2.75, 3.05) is 32.7 Å². The van der Waals surface area contributed by atoms with Crippen LogP contribution in [0.1, 0.15) is 18.3 Å². The topological polar surface area (TPSA) is 41.4 Å². The number of carbonyl (C=O) groups excluding carboxylic acids is 1. The van der Waals surface area contributed by atoms with E-state index in [1.54, 1.807) is 0 Å². The summed E-state index contributed by atoms with van der Waals surface area (Å²) in [7, 11) is 0. The molecule has 3 aliphatic rings. The molecule has 0 aromatic carbocycles. The number of carbonyl (C=O) groups is 1.